The van der Waals surface area contributed by atoms with E-state index < -0.39 is 0 Å². The van der Waals surface area contributed by atoms with E-state index in [1.165, 1.54) is 10.9 Å². The van der Waals surface area contributed by atoms with Crippen LogP contribution in [-0.4, -0.2) is 4.98 Å². The Kier molecular flexibility index (Phi) is 3.70. The number of hydrogen-bond acceptors (Lipinski definition) is 1. The maximum absolute atomic E-state index is 4.27. The molecule has 0 saturated heterocycles. The Bertz CT molecular complexity index is 398. The zero-order valence-corrected chi connectivity index (χ0v) is 9.31. The van der Waals surface area contributed by atoms with Gasteiger partial charge in [-0.15, -0.1) is 12.4 Å². The minimum Gasteiger partial charge on any atom is -0.256 e. The Labute approximate surface area is 91.7 Å². The molecule has 0 radical (unpaired) electrons. The van der Waals surface area contributed by atoms with Gasteiger partial charge in [0.25, 0.3) is 0 Å². The third-order valence-electron chi connectivity index (χ3n) is 1.88. The third kappa shape index (κ3) is 2.01. The second kappa shape index (κ2) is 4.58. The summed E-state index contributed by atoms with van der Waals surface area (Å²) in [7, 11) is 0. The summed E-state index contributed by atoms with van der Waals surface area (Å²) in [6, 6.07) is 10.2. The molecule has 0 bridgehead atoms. The molecular formula is C10H9BrClN. The van der Waals surface area contributed by atoms with Crippen LogP contribution in [0.15, 0.2) is 36.5 Å². The predicted molar refractivity (Wildman–Crippen MR) is 61.6 cm³/mol. The molecule has 2 rings (SSSR count). The molecule has 3 heteroatoms. The van der Waals surface area contributed by atoms with Crippen LogP contribution in [0.2, 0.25) is 0 Å². The van der Waals surface area contributed by atoms with Crippen LogP contribution in [0.25, 0.3) is 10.9 Å². The van der Waals surface area contributed by atoms with E-state index in [1.807, 2.05) is 24.4 Å². The lowest BCUT2D eigenvalue weighted by Crippen LogP contribution is -1.82. The van der Waals surface area contributed by atoms with Crippen molar-refractivity contribution in [2.45, 2.75) is 5.33 Å². The molecule has 0 N–H and O–H groups in total. The van der Waals surface area contributed by atoms with Crippen molar-refractivity contribution in [3.63, 3.8) is 0 Å². The van der Waals surface area contributed by atoms with Crippen LogP contribution in [0.1, 0.15) is 5.56 Å². The number of rotatable bonds is 1. The first-order chi connectivity index (χ1) is 5.92. The summed E-state index contributed by atoms with van der Waals surface area (Å²) in [6.07, 6.45) is 1.82. The van der Waals surface area contributed by atoms with Gasteiger partial charge in [-0.05, 0) is 17.7 Å². The fourth-order valence-corrected chi connectivity index (χ4v) is 1.77. The van der Waals surface area contributed by atoms with Crippen LogP contribution in [0.3, 0.4) is 0 Å². The van der Waals surface area contributed by atoms with Gasteiger partial charge in [0.15, 0.2) is 0 Å². The molecule has 0 atom stereocenters. The van der Waals surface area contributed by atoms with E-state index in [-0.39, 0.29) is 12.4 Å². The average Bonchev–Trinajstić information content (AvgIpc) is 2.17. The normalized spacial score (nSPS) is 9.62. The van der Waals surface area contributed by atoms with E-state index in [1.54, 1.807) is 0 Å². The molecule has 2 aromatic rings. The van der Waals surface area contributed by atoms with Crippen LogP contribution in [0, 0.1) is 0 Å². The first kappa shape index (κ1) is 10.5. The van der Waals surface area contributed by atoms with Crippen LogP contribution >= 0.6 is 28.3 Å². The third-order valence-corrected chi connectivity index (χ3v) is 2.48. The van der Waals surface area contributed by atoms with E-state index in [2.05, 4.69) is 33.0 Å². The van der Waals surface area contributed by atoms with Crippen molar-refractivity contribution in [1.29, 1.82) is 0 Å². The minimum absolute atomic E-state index is 0. The van der Waals surface area contributed by atoms with E-state index >= 15 is 0 Å². The number of halogens is 2. The molecule has 1 aromatic carbocycles. The van der Waals surface area contributed by atoms with Gasteiger partial charge in [0.05, 0.1) is 5.52 Å². The lowest BCUT2D eigenvalue weighted by Gasteiger charge is -2.00. The number of nitrogens with zero attached hydrogens (tertiary/aromatic N) is 1. The van der Waals surface area contributed by atoms with Crippen molar-refractivity contribution < 1.29 is 0 Å². The quantitative estimate of drug-likeness (QED) is 0.713. The monoisotopic (exact) mass is 257 g/mol. The number of alkyl halides is 1. The molecule has 0 spiro atoms. The summed E-state index contributed by atoms with van der Waals surface area (Å²) in [6.45, 7) is 0. The summed E-state index contributed by atoms with van der Waals surface area (Å²) in [5.74, 6) is 0. The second-order valence-electron chi connectivity index (χ2n) is 2.62. The Morgan fingerprint density at radius 2 is 2.00 bits per heavy atom. The van der Waals surface area contributed by atoms with Gasteiger partial charge in [-0.2, -0.15) is 0 Å². The smallest absolute Gasteiger partial charge is 0.0705 e. The minimum atomic E-state index is 0. The van der Waals surface area contributed by atoms with E-state index in [0.29, 0.717) is 0 Å². The first-order valence-corrected chi connectivity index (χ1v) is 4.92. The lowest BCUT2D eigenvalue weighted by molar-refractivity contribution is 1.38. The fourth-order valence-electron chi connectivity index (χ4n) is 1.28. The summed E-state index contributed by atoms with van der Waals surface area (Å²) in [5, 5.41) is 2.12. The van der Waals surface area contributed by atoms with E-state index in [4.69, 9.17) is 0 Å². The van der Waals surface area contributed by atoms with Gasteiger partial charge in [0, 0.05) is 16.9 Å². The second-order valence-corrected chi connectivity index (χ2v) is 3.18. The SMILES string of the molecule is BrCc1cccc2ncccc12.Cl. The average molecular weight is 259 g/mol. The van der Waals surface area contributed by atoms with Crippen molar-refractivity contribution in [2.24, 2.45) is 0 Å². The first-order valence-electron chi connectivity index (χ1n) is 3.80. The molecular weight excluding hydrogens is 249 g/mol. The number of hydrogen-bond donors (Lipinski definition) is 0. The summed E-state index contributed by atoms with van der Waals surface area (Å²) < 4.78 is 0. The maximum Gasteiger partial charge on any atom is 0.0705 e. The molecule has 68 valence electrons. The topological polar surface area (TPSA) is 12.9 Å². The Hall–Kier alpha value is -0.600. The molecule has 1 nitrogen and oxygen atoms in total. The molecule has 0 aliphatic heterocycles. The number of benzene rings is 1. The maximum atomic E-state index is 4.27. The molecule has 0 aliphatic carbocycles. The van der Waals surface area contributed by atoms with Gasteiger partial charge < -0.3 is 0 Å². The van der Waals surface area contributed by atoms with Gasteiger partial charge in [-0.3, -0.25) is 4.98 Å². The van der Waals surface area contributed by atoms with Crippen LogP contribution < -0.4 is 0 Å². The largest absolute Gasteiger partial charge is 0.256 e. The van der Waals surface area contributed by atoms with E-state index in [9.17, 15) is 0 Å². The van der Waals surface area contributed by atoms with Crippen molar-refractivity contribution >= 4 is 39.2 Å². The molecule has 13 heavy (non-hydrogen) atoms. The van der Waals surface area contributed by atoms with Gasteiger partial charge in [0.2, 0.25) is 0 Å². The zero-order chi connectivity index (χ0) is 8.39. The van der Waals surface area contributed by atoms with E-state index in [0.717, 1.165) is 10.8 Å². The zero-order valence-electron chi connectivity index (χ0n) is 6.90. The number of aromatic nitrogens is 1. The van der Waals surface area contributed by atoms with Gasteiger partial charge >= 0.3 is 0 Å². The standard InChI is InChI=1S/C10H8BrN.ClH/c11-7-8-3-1-5-10-9(8)4-2-6-12-10;/h1-6H,7H2;1H. The highest BCUT2D eigenvalue weighted by Gasteiger charge is 1.97. The number of pyridine rings is 1. The van der Waals surface area contributed by atoms with Crippen LogP contribution in [0.4, 0.5) is 0 Å². The highest BCUT2D eigenvalue weighted by molar-refractivity contribution is 9.08. The van der Waals surface area contributed by atoms with Crippen LogP contribution in [-0.2, 0) is 5.33 Å². The van der Waals surface area contributed by atoms with Crippen molar-refractivity contribution in [1.82, 2.24) is 4.98 Å². The highest BCUT2D eigenvalue weighted by Crippen LogP contribution is 2.18. The number of fused-ring (bicyclic) bond motifs is 1. The Morgan fingerprint density at radius 3 is 2.77 bits per heavy atom. The summed E-state index contributed by atoms with van der Waals surface area (Å²) in [4.78, 5) is 4.27. The summed E-state index contributed by atoms with van der Waals surface area (Å²) >= 11 is 3.45. The van der Waals surface area contributed by atoms with Gasteiger partial charge in [-0.25, -0.2) is 0 Å². The van der Waals surface area contributed by atoms with Crippen molar-refractivity contribution in [3.05, 3.63) is 42.1 Å². The Morgan fingerprint density at radius 1 is 1.15 bits per heavy atom. The summed E-state index contributed by atoms with van der Waals surface area (Å²) in [5.41, 5.74) is 2.36. The molecule has 0 aliphatic rings. The molecule has 0 saturated carbocycles. The molecule has 1 heterocycles. The Balaban J connectivity index is 0.000000845. The molecule has 0 unspecified atom stereocenters. The molecule has 0 amide bonds. The molecule has 1 aromatic heterocycles. The predicted octanol–water partition coefficient (Wildman–Crippen LogP) is 3.55. The van der Waals surface area contributed by atoms with Crippen molar-refractivity contribution in [2.75, 3.05) is 0 Å². The lowest BCUT2D eigenvalue weighted by atomic mass is 10.1. The highest BCUT2D eigenvalue weighted by atomic mass is 79.9. The molecule has 0 fully saturated rings. The van der Waals surface area contributed by atoms with Gasteiger partial charge in [0.1, 0.15) is 0 Å². The van der Waals surface area contributed by atoms with Gasteiger partial charge in [-0.1, -0.05) is 34.1 Å². The van der Waals surface area contributed by atoms with Crippen molar-refractivity contribution in [3.8, 4) is 0 Å². The van der Waals surface area contributed by atoms with Crippen LogP contribution in [0.5, 0.6) is 0 Å². The fraction of sp³-hybridized carbons (Fsp3) is 0.100.